The second kappa shape index (κ2) is 10.2. The van der Waals surface area contributed by atoms with Gasteiger partial charge >= 0.3 is 0 Å². The van der Waals surface area contributed by atoms with Gasteiger partial charge < -0.3 is 10.1 Å². The van der Waals surface area contributed by atoms with E-state index < -0.39 is 0 Å². The van der Waals surface area contributed by atoms with Gasteiger partial charge in [-0.2, -0.15) is 5.10 Å². The molecule has 9 heteroatoms. The summed E-state index contributed by atoms with van der Waals surface area (Å²) in [7, 11) is 1.56. The fraction of sp³-hybridized carbons (Fsp3) is 0.276. The van der Waals surface area contributed by atoms with Gasteiger partial charge in [-0.25, -0.2) is 9.37 Å². The third kappa shape index (κ3) is 4.75. The molecule has 5 aromatic rings. The first-order valence-electron chi connectivity index (χ1n) is 12.6. The van der Waals surface area contributed by atoms with E-state index in [1.165, 1.54) is 6.07 Å². The number of H-pyrrole nitrogens is 1. The molecule has 6 rings (SSSR count). The molecular weight excluding hydrogens is 501 g/mol. The zero-order valence-electron chi connectivity index (χ0n) is 21.2. The first-order valence-corrected chi connectivity index (χ1v) is 13.5. The number of nitrogens with zero attached hydrogens (tertiary/aromatic N) is 3. The van der Waals surface area contributed by atoms with E-state index in [9.17, 15) is 9.18 Å². The molecule has 0 radical (unpaired) electrons. The van der Waals surface area contributed by atoms with Gasteiger partial charge in [0.2, 0.25) is 0 Å². The normalized spacial score (nSPS) is 18.2. The van der Waals surface area contributed by atoms with Crippen LogP contribution in [0.2, 0.25) is 0 Å². The number of methoxy groups -OCH3 is 1. The molecule has 2 aromatic heterocycles. The molecule has 2 N–H and O–H groups in total. The highest BCUT2D eigenvalue weighted by molar-refractivity contribution is 7.16. The largest absolute Gasteiger partial charge is 0.496 e. The fourth-order valence-corrected chi connectivity index (χ4v) is 6.17. The first-order chi connectivity index (χ1) is 18.5. The summed E-state index contributed by atoms with van der Waals surface area (Å²) in [4.78, 5) is 19.9. The number of likely N-dealkylation sites (tertiary alicyclic amines) is 1. The number of aromatic nitrogens is 3. The Balaban J connectivity index is 1.20. The Labute approximate surface area is 223 Å². The highest BCUT2D eigenvalue weighted by Gasteiger charge is 2.28. The van der Waals surface area contributed by atoms with Crippen molar-refractivity contribution < 1.29 is 13.9 Å². The molecule has 194 valence electrons. The predicted molar refractivity (Wildman–Crippen MR) is 148 cm³/mol. The molecule has 1 aliphatic heterocycles. The minimum Gasteiger partial charge on any atom is -0.496 e. The van der Waals surface area contributed by atoms with Crippen LogP contribution in [0.15, 0.2) is 60.1 Å². The number of rotatable bonds is 6. The van der Waals surface area contributed by atoms with E-state index in [1.54, 1.807) is 30.6 Å². The summed E-state index contributed by atoms with van der Waals surface area (Å²) in [5.74, 6) is 0.500. The summed E-state index contributed by atoms with van der Waals surface area (Å²) in [5, 5.41) is 11.7. The molecule has 3 heterocycles. The lowest BCUT2D eigenvalue weighted by atomic mass is 9.95. The van der Waals surface area contributed by atoms with Gasteiger partial charge in [-0.1, -0.05) is 19.1 Å². The Bertz CT molecular complexity index is 1630. The summed E-state index contributed by atoms with van der Waals surface area (Å²) >= 11 is 1.59. The predicted octanol–water partition coefficient (Wildman–Crippen LogP) is 5.63. The SMILES string of the molecule is COc1cccc(F)c1CN1C[C@H](C)C[C@H](NC(=O)c2ccc3[nH]nc(-c4ccc5ncsc5c4)c3c2)C1. The second-order valence-electron chi connectivity index (χ2n) is 9.99. The van der Waals surface area contributed by atoms with Crippen molar-refractivity contribution in [3.05, 3.63) is 77.1 Å². The lowest BCUT2D eigenvalue weighted by molar-refractivity contribution is 0.0868. The zero-order valence-corrected chi connectivity index (χ0v) is 22.0. The molecule has 1 fully saturated rings. The van der Waals surface area contributed by atoms with Crippen molar-refractivity contribution in [2.24, 2.45) is 5.92 Å². The summed E-state index contributed by atoms with van der Waals surface area (Å²) in [6.45, 7) is 4.06. The van der Waals surface area contributed by atoms with Gasteiger partial charge in [-0.05, 0) is 54.8 Å². The Kier molecular flexibility index (Phi) is 6.55. The van der Waals surface area contributed by atoms with E-state index in [0.29, 0.717) is 35.9 Å². The van der Waals surface area contributed by atoms with Crippen LogP contribution in [-0.4, -0.2) is 52.2 Å². The number of carbonyl (C=O) groups excluding carboxylic acids is 1. The van der Waals surface area contributed by atoms with Crippen molar-refractivity contribution in [2.45, 2.75) is 25.9 Å². The van der Waals surface area contributed by atoms with Gasteiger partial charge in [0.1, 0.15) is 11.6 Å². The van der Waals surface area contributed by atoms with Gasteiger partial charge in [0, 0.05) is 47.8 Å². The molecule has 38 heavy (non-hydrogen) atoms. The maximum absolute atomic E-state index is 14.5. The van der Waals surface area contributed by atoms with Crippen LogP contribution in [0.5, 0.6) is 5.75 Å². The average Bonchev–Trinajstić information content (AvgIpc) is 3.55. The van der Waals surface area contributed by atoms with Crippen molar-refractivity contribution in [3.63, 3.8) is 0 Å². The minimum absolute atomic E-state index is 0.0442. The number of ether oxygens (including phenoxy) is 1. The molecule has 7 nitrogen and oxygen atoms in total. The standard InChI is InChI=1S/C29H28FN5O2S/c1-17-10-20(14-35(13-17)15-22-23(30)4-3-5-26(22)37-2)32-29(36)19-7-8-24-21(11-19)28(34-33-24)18-6-9-25-27(12-18)38-16-31-25/h3-9,11-12,16-17,20H,10,13-15H2,1-2H3,(H,32,36)(H,33,34)/t17-,20+/m1/s1. The van der Waals surface area contributed by atoms with Crippen molar-refractivity contribution in [1.82, 2.24) is 25.4 Å². The van der Waals surface area contributed by atoms with Crippen LogP contribution in [0.1, 0.15) is 29.3 Å². The van der Waals surface area contributed by atoms with Crippen LogP contribution in [0.4, 0.5) is 4.39 Å². The molecule has 1 amide bonds. The van der Waals surface area contributed by atoms with E-state index in [2.05, 4.69) is 38.4 Å². The van der Waals surface area contributed by atoms with Gasteiger partial charge in [-0.3, -0.25) is 14.8 Å². The van der Waals surface area contributed by atoms with Crippen LogP contribution in [0.25, 0.3) is 32.4 Å². The van der Waals surface area contributed by atoms with E-state index in [1.807, 2.05) is 35.8 Å². The number of halogens is 1. The van der Waals surface area contributed by atoms with E-state index in [-0.39, 0.29) is 17.8 Å². The van der Waals surface area contributed by atoms with E-state index >= 15 is 0 Å². The molecular formula is C29H28FN5O2S. The van der Waals surface area contributed by atoms with E-state index in [0.717, 1.165) is 45.3 Å². The van der Waals surface area contributed by atoms with Gasteiger partial charge in [0.05, 0.1) is 34.0 Å². The monoisotopic (exact) mass is 529 g/mol. The third-order valence-electron chi connectivity index (χ3n) is 7.18. The van der Waals surface area contributed by atoms with Crippen molar-refractivity contribution in [2.75, 3.05) is 20.2 Å². The molecule has 2 atom stereocenters. The van der Waals surface area contributed by atoms with Crippen molar-refractivity contribution >= 4 is 38.4 Å². The molecule has 1 aliphatic rings. The molecule has 0 unspecified atom stereocenters. The maximum atomic E-state index is 14.5. The number of piperidine rings is 1. The maximum Gasteiger partial charge on any atom is 0.251 e. The quantitative estimate of drug-likeness (QED) is 0.298. The summed E-state index contributed by atoms with van der Waals surface area (Å²) in [5.41, 5.74) is 6.58. The molecule has 3 aromatic carbocycles. The van der Waals surface area contributed by atoms with Crippen molar-refractivity contribution in [3.8, 4) is 17.0 Å². The molecule has 0 bridgehead atoms. The number of carbonyl (C=O) groups is 1. The minimum atomic E-state index is -0.276. The Morgan fingerprint density at radius 1 is 1.21 bits per heavy atom. The van der Waals surface area contributed by atoms with Crippen LogP contribution >= 0.6 is 11.3 Å². The van der Waals surface area contributed by atoms with Crippen LogP contribution in [0, 0.1) is 11.7 Å². The molecule has 1 saturated heterocycles. The molecule has 0 aliphatic carbocycles. The van der Waals surface area contributed by atoms with Gasteiger partial charge in [0.15, 0.2) is 0 Å². The van der Waals surface area contributed by atoms with Crippen LogP contribution < -0.4 is 10.1 Å². The number of amides is 1. The van der Waals surface area contributed by atoms with Crippen LogP contribution in [-0.2, 0) is 6.54 Å². The van der Waals surface area contributed by atoms with Gasteiger partial charge in [-0.15, -0.1) is 11.3 Å². The summed E-state index contributed by atoms with van der Waals surface area (Å²) < 4.78 is 21.0. The molecule has 0 saturated carbocycles. The zero-order chi connectivity index (χ0) is 26.2. The highest BCUT2D eigenvalue weighted by atomic mass is 32.1. The number of hydrogen-bond acceptors (Lipinski definition) is 6. The Hall–Kier alpha value is -3.82. The van der Waals surface area contributed by atoms with E-state index in [4.69, 9.17) is 4.74 Å². The topological polar surface area (TPSA) is 83.1 Å². The summed E-state index contributed by atoms with van der Waals surface area (Å²) in [6, 6.07) is 16.5. The number of hydrogen-bond donors (Lipinski definition) is 2. The summed E-state index contributed by atoms with van der Waals surface area (Å²) in [6.07, 6.45) is 0.866. The number of fused-ring (bicyclic) bond motifs is 2. The number of thiazole rings is 1. The lowest BCUT2D eigenvalue weighted by Gasteiger charge is -2.37. The number of aromatic amines is 1. The second-order valence-corrected chi connectivity index (χ2v) is 10.9. The lowest BCUT2D eigenvalue weighted by Crippen LogP contribution is -2.50. The van der Waals surface area contributed by atoms with Crippen molar-refractivity contribution in [1.29, 1.82) is 0 Å². The Morgan fingerprint density at radius 2 is 2.11 bits per heavy atom. The number of nitrogens with one attached hydrogen (secondary N) is 2. The van der Waals surface area contributed by atoms with Crippen LogP contribution in [0.3, 0.4) is 0 Å². The Morgan fingerprint density at radius 3 is 2.97 bits per heavy atom. The third-order valence-corrected chi connectivity index (χ3v) is 7.97. The number of benzene rings is 3. The first kappa shape index (κ1) is 24.5. The average molecular weight is 530 g/mol. The fourth-order valence-electron chi connectivity index (χ4n) is 5.45. The van der Waals surface area contributed by atoms with Gasteiger partial charge in [0.25, 0.3) is 5.91 Å². The smallest absolute Gasteiger partial charge is 0.251 e. The highest BCUT2D eigenvalue weighted by Crippen LogP contribution is 2.31. The molecule has 0 spiro atoms.